The van der Waals surface area contributed by atoms with Crippen LogP contribution in [-0.2, 0) is 11.3 Å². The number of carbonyl (C=O) groups excluding carboxylic acids is 1. The van der Waals surface area contributed by atoms with E-state index in [4.69, 9.17) is 0 Å². The highest BCUT2D eigenvalue weighted by molar-refractivity contribution is 5.83. The number of nitrogens with zero attached hydrogens (tertiary/aromatic N) is 5. The van der Waals surface area contributed by atoms with E-state index in [0.29, 0.717) is 5.39 Å². The molecule has 22 heavy (non-hydrogen) atoms. The summed E-state index contributed by atoms with van der Waals surface area (Å²) in [6.45, 7) is 3.35. The highest BCUT2D eigenvalue weighted by Gasteiger charge is 2.20. The van der Waals surface area contributed by atoms with Crippen LogP contribution in [0.5, 0.6) is 0 Å². The molecule has 1 aromatic heterocycles. The van der Waals surface area contributed by atoms with Crippen molar-refractivity contribution >= 4 is 22.5 Å². The molecular weight excluding hydrogens is 286 g/mol. The molecule has 2 heterocycles. The summed E-state index contributed by atoms with van der Waals surface area (Å²) in [5.41, 5.74) is 0.755. The lowest BCUT2D eigenvalue weighted by Crippen LogP contribution is -2.48. The van der Waals surface area contributed by atoms with E-state index < -0.39 is 4.92 Å². The summed E-state index contributed by atoms with van der Waals surface area (Å²) in [4.78, 5) is 26.7. The maximum atomic E-state index is 12.3. The van der Waals surface area contributed by atoms with Crippen molar-refractivity contribution < 1.29 is 9.72 Å². The van der Waals surface area contributed by atoms with Gasteiger partial charge in [-0.2, -0.15) is 5.10 Å². The van der Waals surface area contributed by atoms with Gasteiger partial charge in [0.2, 0.25) is 5.91 Å². The number of non-ortho nitro benzene ring substituents is 1. The molecule has 0 aliphatic carbocycles. The third-order valence-electron chi connectivity index (χ3n) is 3.98. The fourth-order valence-corrected chi connectivity index (χ4v) is 2.60. The van der Waals surface area contributed by atoms with Crippen molar-refractivity contribution in [3.63, 3.8) is 0 Å². The second-order valence-electron chi connectivity index (χ2n) is 5.49. The summed E-state index contributed by atoms with van der Waals surface area (Å²) in [5.74, 6) is 0.0245. The number of hydrogen-bond donors (Lipinski definition) is 0. The lowest BCUT2D eigenvalue weighted by Gasteiger charge is -2.32. The monoisotopic (exact) mass is 303 g/mol. The van der Waals surface area contributed by atoms with Gasteiger partial charge in [0.25, 0.3) is 5.69 Å². The number of aromatic nitrogens is 2. The zero-order valence-corrected chi connectivity index (χ0v) is 12.3. The minimum atomic E-state index is -0.438. The van der Waals surface area contributed by atoms with Crippen LogP contribution >= 0.6 is 0 Å². The van der Waals surface area contributed by atoms with E-state index in [1.54, 1.807) is 16.9 Å². The zero-order valence-electron chi connectivity index (χ0n) is 12.3. The number of amides is 1. The molecule has 0 bridgehead atoms. The molecule has 8 nitrogen and oxygen atoms in total. The van der Waals surface area contributed by atoms with Gasteiger partial charge in [0.1, 0.15) is 6.54 Å². The quantitative estimate of drug-likeness (QED) is 0.616. The Hall–Kier alpha value is -2.48. The average Bonchev–Trinajstić information content (AvgIpc) is 2.90. The van der Waals surface area contributed by atoms with Crippen LogP contribution in [0.1, 0.15) is 0 Å². The lowest BCUT2D eigenvalue weighted by atomic mass is 10.2. The molecule has 1 fully saturated rings. The van der Waals surface area contributed by atoms with Crippen molar-refractivity contribution in [1.82, 2.24) is 19.6 Å². The molecule has 8 heteroatoms. The first-order valence-corrected chi connectivity index (χ1v) is 7.11. The summed E-state index contributed by atoms with van der Waals surface area (Å²) in [7, 11) is 2.04. The van der Waals surface area contributed by atoms with Crippen molar-refractivity contribution in [3.8, 4) is 0 Å². The average molecular weight is 303 g/mol. The normalized spacial score (nSPS) is 16.1. The highest BCUT2D eigenvalue weighted by Crippen LogP contribution is 2.20. The van der Waals surface area contributed by atoms with Crippen LogP contribution in [-0.4, -0.2) is 63.6 Å². The van der Waals surface area contributed by atoms with Gasteiger partial charge in [-0.05, 0) is 13.1 Å². The van der Waals surface area contributed by atoms with Gasteiger partial charge in [0.05, 0.1) is 16.6 Å². The maximum Gasteiger partial charge on any atom is 0.270 e. The fourth-order valence-electron chi connectivity index (χ4n) is 2.60. The van der Waals surface area contributed by atoms with Crippen LogP contribution in [0.3, 0.4) is 0 Å². The second kappa shape index (κ2) is 5.72. The molecule has 3 rings (SSSR count). The summed E-state index contributed by atoms with van der Waals surface area (Å²) < 4.78 is 1.60. The first kappa shape index (κ1) is 14.5. The zero-order chi connectivity index (χ0) is 15.7. The Morgan fingerprint density at radius 2 is 2.05 bits per heavy atom. The van der Waals surface area contributed by atoms with E-state index in [-0.39, 0.29) is 18.1 Å². The molecule has 116 valence electrons. The molecule has 1 aliphatic heterocycles. The molecule has 0 atom stereocenters. The summed E-state index contributed by atoms with van der Waals surface area (Å²) in [5, 5.41) is 15.6. The minimum Gasteiger partial charge on any atom is -0.339 e. The molecule has 1 amide bonds. The predicted octanol–water partition coefficient (Wildman–Crippen LogP) is 0.718. The van der Waals surface area contributed by atoms with E-state index in [9.17, 15) is 14.9 Å². The first-order chi connectivity index (χ1) is 10.5. The van der Waals surface area contributed by atoms with Crippen LogP contribution in [0.4, 0.5) is 5.69 Å². The minimum absolute atomic E-state index is 0.0245. The van der Waals surface area contributed by atoms with Gasteiger partial charge in [-0.15, -0.1) is 0 Å². The van der Waals surface area contributed by atoms with Gasteiger partial charge >= 0.3 is 0 Å². The Bertz CT molecular complexity index is 718. The number of rotatable bonds is 3. The number of piperazine rings is 1. The second-order valence-corrected chi connectivity index (χ2v) is 5.49. The van der Waals surface area contributed by atoms with Gasteiger partial charge in [0.15, 0.2) is 0 Å². The molecule has 0 unspecified atom stereocenters. The molecule has 0 saturated carbocycles. The van der Waals surface area contributed by atoms with Gasteiger partial charge < -0.3 is 9.80 Å². The predicted molar refractivity (Wildman–Crippen MR) is 80.5 cm³/mol. The molecule has 0 spiro atoms. The number of nitro benzene ring substituents is 1. The van der Waals surface area contributed by atoms with E-state index in [1.165, 1.54) is 12.1 Å². The smallest absolute Gasteiger partial charge is 0.270 e. The van der Waals surface area contributed by atoms with Crippen molar-refractivity contribution in [3.05, 3.63) is 34.5 Å². The van der Waals surface area contributed by atoms with Crippen molar-refractivity contribution in [1.29, 1.82) is 0 Å². The van der Waals surface area contributed by atoms with Crippen molar-refractivity contribution in [2.24, 2.45) is 0 Å². The topological polar surface area (TPSA) is 84.5 Å². The summed E-state index contributed by atoms with van der Waals surface area (Å²) >= 11 is 0. The molecule has 1 aliphatic rings. The highest BCUT2D eigenvalue weighted by atomic mass is 16.6. The van der Waals surface area contributed by atoms with Crippen LogP contribution in [0, 0.1) is 10.1 Å². The molecule has 0 N–H and O–H groups in total. The maximum absolute atomic E-state index is 12.3. The summed E-state index contributed by atoms with van der Waals surface area (Å²) in [6, 6.07) is 4.54. The van der Waals surface area contributed by atoms with Gasteiger partial charge in [-0.25, -0.2) is 0 Å². The molecule has 1 aromatic carbocycles. The molecular formula is C14H17N5O3. The Kier molecular flexibility index (Phi) is 3.76. The van der Waals surface area contributed by atoms with Crippen molar-refractivity contribution in [2.75, 3.05) is 33.2 Å². The number of carbonyl (C=O) groups is 1. The number of benzene rings is 1. The van der Waals surface area contributed by atoms with E-state index in [1.807, 2.05) is 11.9 Å². The van der Waals surface area contributed by atoms with E-state index in [0.717, 1.165) is 31.7 Å². The largest absolute Gasteiger partial charge is 0.339 e. The third-order valence-corrected chi connectivity index (χ3v) is 3.98. The SMILES string of the molecule is CN1CCN(C(=O)Cn2ncc3cc([N+](=O)[O-])ccc32)CC1. The summed E-state index contributed by atoms with van der Waals surface area (Å²) in [6.07, 6.45) is 1.56. The van der Waals surface area contributed by atoms with Gasteiger partial charge in [-0.1, -0.05) is 0 Å². The third kappa shape index (κ3) is 2.77. The number of nitro groups is 1. The Balaban J connectivity index is 1.76. The Labute approximate surface area is 127 Å². The Morgan fingerprint density at radius 3 is 2.73 bits per heavy atom. The first-order valence-electron chi connectivity index (χ1n) is 7.11. The van der Waals surface area contributed by atoms with E-state index in [2.05, 4.69) is 10.00 Å². The van der Waals surface area contributed by atoms with E-state index >= 15 is 0 Å². The molecule has 2 aromatic rings. The lowest BCUT2D eigenvalue weighted by molar-refractivity contribution is -0.384. The fraction of sp³-hybridized carbons (Fsp3) is 0.429. The molecule has 1 saturated heterocycles. The molecule has 0 radical (unpaired) electrons. The van der Waals surface area contributed by atoms with Crippen LogP contribution in [0.25, 0.3) is 10.9 Å². The number of hydrogen-bond acceptors (Lipinski definition) is 5. The van der Waals surface area contributed by atoms with Gasteiger partial charge in [0, 0.05) is 43.7 Å². The number of likely N-dealkylation sites (N-methyl/N-ethyl adjacent to an activating group) is 1. The Morgan fingerprint density at radius 1 is 1.32 bits per heavy atom. The van der Waals surface area contributed by atoms with Crippen molar-refractivity contribution in [2.45, 2.75) is 6.54 Å². The van der Waals surface area contributed by atoms with Crippen LogP contribution < -0.4 is 0 Å². The van der Waals surface area contributed by atoms with Crippen LogP contribution in [0.2, 0.25) is 0 Å². The standard InChI is InChI=1S/C14H17N5O3/c1-16-4-6-17(7-5-16)14(20)10-18-13-3-2-12(19(21)22)8-11(13)9-15-18/h2-3,8-9H,4-7,10H2,1H3. The van der Waals surface area contributed by atoms with Crippen LogP contribution in [0.15, 0.2) is 24.4 Å². The van der Waals surface area contributed by atoms with Gasteiger partial charge in [-0.3, -0.25) is 19.6 Å². The number of fused-ring (bicyclic) bond motifs is 1.